The number of aliphatic hydroxyl groups is 1. The maximum Gasteiger partial charge on any atom is 0.472 e. The van der Waals surface area contributed by atoms with Crippen LogP contribution in [-0.2, 0) is 65.4 Å². The van der Waals surface area contributed by atoms with E-state index in [4.69, 9.17) is 37.0 Å². The third kappa shape index (κ3) is 64.8. The zero-order chi connectivity index (χ0) is 66.5. The molecule has 0 spiro atoms. The van der Waals surface area contributed by atoms with Gasteiger partial charge in [0.1, 0.15) is 19.3 Å². The lowest BCUT2D eigenvalue weighted by molar-refractivity contribution is -0.161. The first-order chi connectivity index (χ1) is 43.4. The summed E-state index contributed by atoms with van der Waals surface area (Å²) in [5.74, 6) is -0.576. The average Bonchev–Trinajstić information content (AvgIpc) is 3.13. The number of carbonyl (C=O) groups is 4. The molecular weight excluding hydrogens is 1190 g/mol. The van der Waals surface area contributed by atoms with Gasteiger partial charge in [0.25, 0.3) is 0 Å². The van der Waals surface area contributed by atoms with Crippen LogP contribution in [0.5, 0.6) is 0 Å². The lowest BCUT2D eigenvalue weighted by Gasteiger charge is -2.21. The van der Waals surface area contributed by atoms with Crippen molar-refractivity contribution in [2.75, 3.05) is 39.6 Å². The molecule has 0 bridgehead atoms. The van der Waals surface area contributed by atoms with Crippen LogP contribution in [0.15, 0.2) is 0 Å². The van der Waals surface area contributed by atoms with Crippen LogP contribution in [0.4, 0.5) is 0 Å². The van der Waals surface area contributed by atoms with Crippen molar-refractivity contribution in [3.05, 3.63) is 0 Å². The van der Waals surface area contributed by atoms with Gasteiger partial charge in [0, 0.05) is 25.7 Å². The first-order valence-corrected chi connectivity index (χ1v) is 40.0. The molecule has 0 saturated heterocycles. The summed E-state index contributed by atoms with van der Waals surface area (Å²) >= 11 is 0. The molecule has 2 unspecified atom stereocenters. The van der Waals surface area contributed by atoms with E-state index in [9.17, 15) is 43.2 Å². The summed E-state index contributed by atoms with van der Waals surface area (Å²) in [6.45, 7) is 9.56. The topological polar surface area (TPSA) is 237 Å². The molecule has 5 atom stereocenters. The Hall–Kier alpha value is -1.94. The number of unbranched alkanes of at least 4 members (excludes halogenated alkanes) is 40. The number of ether oxygens (including phenoxy) is 4. The van der Waals surface area contributed by atoms with Crippen molar-refractivity contribution in [2.45, 2.75) is 381 Å². The quantitative estimate of drug-likeness (QED) is 0.0222. The molecule has 0 rings (SSSR count). The predicted octanol–water partition coefficient (Wildman–Crippen LogP) is 20.4. The van der Waals surface area contributed by atoms with Gasteiger partial charge < -0.3 is 33.8 Å². The number of esters is 4. The molecule has 0 aliphatic heterocycles. The van der Waals surface area contributed by atoms with Gasteiger partial charge >= 0.3 is 39.5 Å². The van der Waals surface area contributed by atoms with Crippen molar-refractivity contribution in [3.8, 4) is 0 Å². The molecule has 90 heavy (non-hydrogen) atoms. The molecule has 3 N–H and O–H groups in total. The summed E-state index contributed by atoms with van der Waals surface area (Å²) < 4.78 is 68.3. The molecule has 0 aliphatic carbocycles. The van der Waals surface area contributed by atoms with E-state index in [1.807, 2.05) is 0 Å². The molecule has 0 aliphatic rings. The molecule has 0 amide bonds. The van der Waals surface area contributed by atoms with E-state index in [0.29, 0.717) is 25.7 Å². The van der Waals surface area contributed by atoms with Crippen molar-refractivity contribution in [1.29, 1.82) is 0 Å². The van der Waals surface area contributed by atoms with Crippen LogP contribution in [0.25, 0.3) is 0 Å². The maximum atomic E-state index is 13.0. The van der Waals surface area contributed by atoms with Gasteiger partial charge in [0.2, 0.25) is 0 Å². The van der Waals surface area contributed by atoms with Gasteiger partial charge in [-0.25, -0.2) is 9.13 Å². The van der Waals surface area contributed by atoms with Crippen molar-refractivity contribution >= 4 is 39.5 Å². The Morgan fingerprint density at radius 2 is 0.511 bits per heavy atom. The number of hydrogen-bond acceptors (Lipinski definition) is 15. The van der Waals surface area contributed by atoms with E-state index >= 15 is 0 Å². The van der Waals surface area contributed by atoms with Crippen LogP contribution >= 0.6 is 15.6 Å². The van der Waals surface area contributed by atoms with Gasteiger partial charge in [0.15, 0.2) is 12.2 Å². The zero-order valence-corrected chi connectivity index (χ0v) is 60.2. The molecule has 17 nitrogen and oxygen atoms in total. The minimum atomic E-state index is -4.95. The van der Waals surface area contributed by atoms with Crippen LogP contribution < -0.4 is 0 Å². The highest BCUT2D eigenvalue weighted by molar-refractivity contribution is 7.47. The van der Waals surface area contributed by atoms with Gasteiger partial charge in [-0.3, -0.25) is 37.3 Å². The SMILES string of the molecule is CCCCCCCCCCCCCC(=O)O[C@H](COC(=O)CCCCCCCCCCCC)COP(=O)(O)OC[C@H](O)COP(=O)(O)OC[C@@H](COC(=O)CCCCCCCCCCCCC(C)C)OC(=O)CCCCCCCCCCCCCCCC(C)C. The Kier molecular flexibility index (Phi) is 61.8. The van der Waals surface area contributed by atoms with Gasteiger partial charge in [-0.2, -0.15) is 0 Å². The fourth-order valence-electron chi connectivity index (χ4n) is 10.8. The summed E-state index contributed by atoms with van der Waals surface area (Å²) in [5.41, 5.74) is 0. The van der Waals surface area contributed by atoms with E-state index in [0.717, 1.165) is 102 Å². The second-order valence-corrected chi connectivity index (χ2v) is 29.5. The van der Waals surface area contributed by atoms with Gasteiger partial charge in [0.05, 0.1) is 26.4 Å². The Labute approximate surface area is 549 Å². The van der Waals surface area contributed by atoms with Crippen LogP contribution in [-0.4, -0.2) is 96.7 Å². The molecule has 0 heterocycles. The molecule has 0 saturated carbocycles. The molecule has 0 aromatic heterocycles. The first kappa shape index (κ1) is 88.1. The third-order valence-electron chi connectivity index (χ3n) is 16.5. The van der Waals surface area contributed by atoms with Gasteiger partial charge in [-0.1, -0.05) is 311 Å². The van der Waals surface area contributed by atoms with Gasteiger partial charge in [-0.15, -0.1) is 0 Å². The first-order valence-electron chi connectivity index (χ1n) is 37.0. The summed E-state index contributed by atoms with van der Waals surface area (Å²) in [4.78, 5) is 72.6. The summed E-state index contributed by atoms with van der Waals surface area (Å²) in [6.07, 6.45) is 48.4. The highest BCUT2D eigenvalue weighted by Gasteiger charge is 2.30. The summed E-state index contributed by atoms with van der Waals surface area (Å²) in [5, 5.41) is 10.6. The molecule has 0 fully saturated rings. The number of phosphoric ester groups is 2. The fraction of sp³-hybridized carbons (Fsp3) is 0.944. The monoisotopic (exact) mass is 1320 g/mol. The van der Waals surface area contributed by atoms with E-state index in [2.05, 4.69) is 41.5 Å². The molecule has 0 radical (unpaired) electrons. The Bertz CT molecular complexity index is 1750. The van der Waals surface area contributed by atoms with Crippen LogP contribution in [0.3, 0.4) is 0 Å². The van der Waals surface area contributed by atoms with Crippen LogP contribution in [0, 0.1) is 11.8 Å². The van der Waals surface area contributed by atoms with Gasteiger partial charge in [-0.05, 0) is 37.5 Å². The number of phosphoric acid groups is 2. The Morgan fingerprint density at radius 3 is 0.756 bits per heavy atom. The molecule has 19 heteroatoms. The third-order valence-corrected chi connectivity index (χ3v) is 18.4. The molecule has 0 aromatic rings. The lowest BCUT2D eigenvalue weighted by atomic mass is 10.0. The zero-order valence-electron chi connectivity index (χ0n) is 58.4. The second-order valence-electron chi connectivity index (χ2n) is 26.6. The normalized spacial score (nSPS) is 14.1. The molecule has 0 aromatic carbocycles. The largest absolute Gasteiger partial charge is 0.472 e. The van der Waals surface area contributed by atoms with Crippen molar-refractivity contribution < 1.29 is 80.2 Å². The maximum absolute atomic E-state index is 13.0. The summed E-state index contributed by atoms with van der Waals surface area (Å²) in [7, 11) is -9.90. The lowest BCUT2D eigenvalue weighted by Crippen LogP contribution is -2.30. The van der Waals surface area contributed by atoms with Crippen LogP contribution in [0.2, 0.25) is 0 Å². The van der Waals surface area contributed by atoms with Crippen molar-refractivity contribution in [3.63, 3.8) is 0 Å². The van der Waals surface area contributed by atoms with E-state index in [1.54, 1.807) is 0 Å². The smallest absolute Gasteiger partial charge is 0.462 e. The number of rotatable bonds is 70. The number of hydrogen-bond donors (Lipinski definition) is 3. The van der Waals surface area contributed by atoms with Crippen molar-refractivity contribution in [2.24, 2.45) is 11.8 Å². The van der Waals surface area contributed by atoms with Crippen LogP contribution in [0.1, 0.15) is 363 Å². The highest BCUT2D eigenvalue weighted by atomic mass is 31.2. The minimum absolute atomic E-state index is 0.107. The highest BCUT2D eigenvalue weighted by Crippen LogP contribution is 2.45. The number of carbonyl (C=O) groups excluding carboxylic acids is 4. The standard InChI is InChI=1S/C71H138O17P2/c1-7-9-11-13-15-17-22-31-37-43-49-55-70(75)87-66(59-81-68(73)53-47-41-35-29-18-16-14-12-10-8-2)61-85-89(77,78)83-57-65(72)58-84-90(79,80)86-62-67(60-82-69(74)54-48-42-36-30-26-25-28-34-40-46-52-64(5)6)88-71(76)56-50-44-38-32-24-21-19-20-23-27-33-39-45-51-63(3)4/h63-67,72H,7-62H2,1-6H3,(H,77,78)(H,79,80)/t65-,66+,67+/m0/s1. The Balaban J connectivity index is 5.24. The predicted molar refractivity (Wildman–Crippen MR) is 363 cm³/mol. The number of aliphatic hydroxyl groups excluding tert-OH is 1. The minimum Gasteiger partial charge on any atom is -0.462 e. The molecule has 534 valence electrons. The summed E-state index contributed by atoms with van der Waals surface area (Å²) in [6, 6.07) is 0. The average molecular weight is 1330 g/mol. The van der Waals surface area contributed by atoms with E-state index in [1.165, 1.54) is 180 Å². The van der Waals surface area contributed by atoms with E-state index < -0.39 is 97.5 Å². The Morgan fingerprint density at radius 1 is 0.300 bits per heavy atom. The van der Waals surface area contributed by atoms with Crippen molar-refractivity contribution in [1.82, 2.24) is 0 Å². The van der Waals surface area contributed by atoms with E-state index in [-0.39, 0.29) is 25.7 Å². The fourth-order valence-corrected chi connectivity index (χ4v) is 12.3. The molecular formula is C71H138O17P2. The second kappa shape index (κ2) is 63.1.